The standard InChI is InChI=1S/C29H35NO4S2/c31-17-16-30-18-23(19-32)20-35-21-27(33)28(34)22-36-29(24-10-4-1-5-11-24,25-12-6-2-7-13-25)26-14-8-3-9-15-26/h1-15,19,23,27-28,30-31,33-34H,16-18,20-22H2. The van der Waals surface area contributed by atoms with Gasteiger partial charge in [-0.25, -0.2) is 0 Å². The average Bonchev–Trinajstić information content (AvgIpc) is 2.94. The summed E-state index contributed by atoms with van der Waals surface area (Å²) in [4.78, 5) is 11.3. The summed E-state index contributed by atoms with van der Waals surface area (Å²) < 4.78 is -0.557. The number of carbonyl (C=O) groups excluding carboxylic acids is 1. The fraction of sp³-hybridized carbons (Fsp3) is 0.345. The molecule has 0 saturated heterocycles. The highest BCUT2D eigenvalue weighted by Gasteiger charge is 2.38. The first-order chi connectivity index (χ1) is 17.6. The van der Waals surface area contributed by atoms with Crippen molar-refractivity contribution < 1.29 is 20.1 Å². The molecule has 7 heteroatoms. The van der Waals surface area contributed by atoms with Crippen molar-refractivity contribution in [3.63, 3.8) is 0 Å². The Hall–Kier alpha value is -2.13. The second-order valence-corrected chi connectivity index (χ2v) is 10.9. The Bertz CT molecular complexity index is 911. The summed E-state index contributed by atoms with van der Waals surface area (Å²) in [6, 6.07) is 30.8. The zero-order valence-corrected chi connectivity index (χ0v) is 21.9. The fourth-order valence-corrected chi connectivity index (χ4v) is 6.70. The Morgan fingerprint density at radius 1 is 0.750 bits per heavy atom. The van der Waals surface area contributed by atoms with Crippen molar-refractivity contribution in [1.29, 1.82) is 0 Å². The van der Waals surface area contributed by atoms with Gasteiger partial charge in [0, 0.05) is 36.3 Å². The first-order valence-electron chi connectivity index (χ1n) is 12.1. The molecule has 0 bridgehead atoms. The minimum absolute atomic E-state index is 0.0255. The highest BCUT2D eigenvalue weighted by Crippen LogP contribution is 2.48. The Morgan fingerprint density at radius 2 is 1.22 bits per heavy atom. The van der Waals surface area contributed by atoms with Gasteiger partial charge in [0.05, 0.1) is 23.6 Å². The molecule has 0 aliphatic carbocycles. The van der Waals surface area contributed by atoms with Gasteiger partial charge in [-0.15, -0.1) is 11.8 Å². The van der Waals surface area contributed by atoms with E-state index >= 15 is 0 Å². The molecule has 0 saturated carbocycles. The molecule has 3 aromatic rings. The lowest BCUT2D eigenvalue weighted by molar-refractivity contribution is -0.110. The van der Waals surface area contributed by atoms with E-state index in [-0.39, 0.29) is 12.5 Å². The van der Waals surface area contributed by atoms with Gasteiger partial charge in [-0.1, -0.05) is 91.0 Å². The second kappa shape index (κ2) is 15.2. The lowest BCUT2D eigenvalue weighted by Crippen LogP contribution is -2.34. The predicted molar refractivity (Wildman–Crippen MR) is 151 cm³/mol. The molecule has 3 unspecified atom stereocenters. The van der Waals surface area contributed by atoms with E-state index in [0.717, 1.165) is 23.0 Å². The van der Waals surface area contributed by atoms with Crippen molar-refractivity contribution in [2.24, 2.45) is 5.92 Å². The number of aldehydes is 1. The molecule has 192 valence electrons. The monoisotopic (exact) mass is 525 g/mol. The highest BCUT2D eigenvalue weighted by atomic mass is 32.2. The van der Waals surface area contributed by atoms with E-state index in [4.69, 9.17) is 5.11 Å². The van der Waals surface area contributed by atoms with E-state index in [1.54, 1.807) is 11.8 Å². The zero-order valence-electron chi connectivity index (χ0n) is 20.3. The number of aliphatic hydroxyl groups is 3. The van der Waals surface area contributed by atoms with Crippen LogP contribution in [0.1, 0.15) is 16.7 Å². The van der Waals surface area contributed by atoms with Crippen LogP contribution in [0.3, 0.4) is 0 Å². The van der Waals surface area contributed by atoms with Crippen molar-refractivity contribution in [1.82, 2.24) is 5.32 Å². The number of rotatable bonds is 16. The molecule has 3 aromatic carbocycles. The molecule has 4 N–H and O–H groups in total. The highest BCUT2D eigenvalue weighted by molar-refractivity contribution is 8.00. The molecule has 0 spiro atoms. The minimum atomic E-state index is -0.930. The van der Waals surface area contributed by atoms with Crippen LogP contribution < -0.4 is 5.32 Å². The van der Waals surface area contributed by atoms with E-state index in [9.17, 15) is 15.0 Å². The maximum absolute atomic E-state index is 11.3. The van der Waals surface area contributed by atoms with Crippen molar-refractivity contribution in [2.45, 2.75) is 17.0 Å². The summed E-state index contributed by atoms with van der Waals surface area (Å²) in [6.07, 6.45) is -0.954. The Morgan fingerprint density at radius 3 is 1.67 bits per heavy atom. The van der Waals surface area contributed by atoms with Crippen LogP contribution in [0.4, 0.5) is 0 Å². The van der Waals surface area contributed by atoms with Gasteiger partial charge in [-0.3, -0.25) is 0 Å². The molecular weight excluding hydrogens is 490 g/mol. The van der Waals surface area contributed by atoms with Crippen LogP contribution in [-0.2, 0) is 9.54 Å². The number of hydrogen-bond acceptors (Lipinski definition) is 7. The first kappa shape index (κ1) is 28.4. The van der Waals surface area contributed by atoms with Gasteiger partial charge in [0.2, 0.25) is 0 Å². The Labute approximate surface area is 222 Å². The fourth-order valence-electron chi connectivity index (χ4n) is 4.05. The topological polar surface area (TPSA) is 89.8 Å². The number of hydrogen-bond donors (Lipinski definition) is 4. The third kappa shape index (κ3) is 7.68. The molecule has 0 amide bonds. The van der Waals surface area contributed by atoms with Crippen LogP contribution in [0.15, 0.2) is 91.0 Å². The van der Waals surface area contributed by atoms with Gasteiger partial charge in [0.1, 0.15) is 6.29 Å². The number of carbonyl (C=O) groups is 1. The first-order valence-corrected chi connectivity index (χ1v) is 14.3. The summed E-state index contributed by atoms with van der Waals surface area (Å²) in [6.45, 7) is 0.955. The van der Waals surface area contributed by atoms with E-state index in [1.165, 1.54) is 11.8 Å². The van der Waals surface area contributed by atoms with Gasteiger partial charge < -0.3 is 25.4 Å². The SMILES string of the molecule is O=CC(CNCCO)CSCC(O)C(O)CSC(c1ccccc1)(c1ccccc1)c1ccccc1. The lowest BCUT2D eigenvalue weighted by Gasteiger charge is -2.36. The molecule has 0 aliphatic heterocycles. The minimum Gasteiger partial charge on any atom is -0.395 e. The summed E-state index contributed by atoms with van der Waals surface area (Å²) in [5.41, 5.74) is 3.31. The molecule has 0 fully saturated rings. The maximum Gasteiger partial charge on any atom is 0.125 e. The Balaban J connectivity index is 1.74. The van der Waals surface area contributed by atoms with Gasteiger partial charge in [-0.2, -0.15) is 11.8 Å². The van der Waals surface area contributed by atoms with Crippen LogP contribution >= 0.6 is 23.5 Å². The van der Waals surface area contributed by atoms with Crippen LogP contribution in [0.2, 0.25) is 0 Å². The van der Waals surface area contributed by atoms with Gasteiger partial charge >= 0.3 is 0 Å². The zero-order chi connectivity index (χ0) is 25.6. The van der Waals surface area contributed by atoms with Crippen molar-refractivity contribution >= 4 is 29.8 Å². The number of benzene rings is 3. The van der Waals surface area contributed by atoms with Crippen molar-refractivity contribution in [3.05, 3.63) is 108 Å². The van der Waals surface area contributed by atoms with Gasteiger partial charge in [-0.05, 0) is 16.7 Å². The number of thioether (sulfide) groups is 2. The maximum atomic E-state index is 11.3. The number of nitrogens with one attached hydrogen (secondary N) is 1. The van der Waals surface area contributed by atoms with Crippen LogP contribution in [0, 0.1) is 5.92 Å². The van der Waals surface area contributed by atoms with Gasteiger partial charge in [0.25, 0.3) is 0 Å². The third-order valence-corrected chi connectivity index (χ3v) is 8.85. The summed E-state index contributed by atoms with van der Waals surface area (Å²) in [5.74, 6) is 1.000. The molecule has 5 nitrogen and oxygen atoms in total. The summed E-state index contributed by atoms with van der Waals surface area (Å²) in [7, 11) is 0. The molecule has 0 aromatic heterocycles. The molecule has 0 aliphatic rings. The normalized spacial score (nSPS) is 14.2. The average molecular weight is 526 g/mol. The van der Waals surface area contributed by atoms with E-state index in [0.29, 0.717) is 30.3 Å². The van der Waals surface area contributed by atoms with E-state index < -0.39 is 17.0 Å². The Kier molecular flexibility index (Phi) is 12.0. The largest absolute Gasteiger partial charge is 0.395 e. The molecule has 3 rings (SSSR count). The van der Waals surface area contributed by atoms with Gasteiger partial charge in [0.15, 0.2) is 0 Å². The van der Waals surface area contributed by atoms with Crippen molar-refractivity contribution in [2.75, 3.05) is 37.0 Å². The van der Waals surface area contributed by atoms with E-state index in [2.05, 4.69) is 41.7 Å². The molecule has 0 heterocycles. The predicted octanol–water partition coefficient (Wildman–Crippen LogP) is 3.56. The molecule has 36 heavy (non-hydrogen) atoms. The molecule has 3 atom stereocenters. The number of aliphatic hydroxyl groups excluding tert-OH is 3. The second-order valence-electron chi connectivity index (χ2n) is 8.59. The quantitative estimate of drug-likeness (QED) is 0.129. The summed E-state index contributed by atoms with van der Waals surface area (Å²) >= 11 is 3.06. The third-order valence-electron chi connectivity index (χ3n) is 5.96. The van der Waals surface area contributed by atoms with Crippen LogP contribution in [0.25, 0.3) is 0 Å². The molecule has 0 radical (unpaired) electrons. The lowest BCUT2D eigenvalue weighted by atomic mass is 9.84. The van der Waals surface area contributed by atoms with E-state index in [1.807, 2.05) is 54.6 Å². The summed E-state index contributed by atoms with van der Waals surface area (Å²) in [5, 5.41) is 33.5. The van der Waals surface area contributed by atoms with Crippen molar-refractivity contribution in [3.8, 4) is 0 Å². The van der Waals surface area contributed by atoms with Crippen LogP contribution in [-0.4, -0.2) is 70.8 Å². The molecular formula is C29H35NO4S2. The van der Waals surface area contributed by atoms with Crippen LogP contribution in [0.5, 0.6) is 0 Å². The smallest absolute Gasteiger partial charge is 0.125 e.